The number of hydrogen-bond acceptors (Lipinski definition) is 5. The molecule has 0 aromatic heterocycles. The Labute approximate surface area is 269 Å². The van der Waals surface area contributed by atoms with Crippen LogP contribution in [0, 0.1) is 12.7 Å². The first-order chi connectivity index (χ1) is 21.6. The van der Waals surface area contributed by atoms with E-state index in [0.717, 1.165) is 20.3 Å². The number of thioether (sulfide) groups is 1. The van der Waals surface area contributed by atoms with Crippen molar-refractivity contribution in [2.24, 2.45) is 0 Å². The minimum absolute atomic E-state index is 0.0274. The van der Waals surface area contributed by atoms with E-state index in [1.807, 2.05) is 50.4 Å². The van der Waals surface area contributed by atoms with Crippen molar-refractivity contribution in [1.82, 2.24) is 10.2 Å². The maximum Gasteiger partial charge on any atom is 0.264 e. The van der Waals surface area contributed by atoms with Gasteiger partial charge in [0.2, 0.25) is 11.8 Å². The van der Waals surface area contributed by atoms with Crippen molar-refractivity contribution >= 4 is 39.3 Å². The van der Waals surface area contributed by atoms with Gasteiger partial charge in [-0.3, -0.25) is 13.9 Å². The first-order valence-electron chi connectivity index (χ1n) is 14.7. The van der Waals surface area contributed by atoms with Gasteiger partial charge in [-0.25, -0.2) is 12.8 Å². The number of sulfonamides is 1. The zero-order valence-corrected chi connectivity index (χ0v) is 27.3. The molecule has 0 saturated carbocycles. The molecular formula is C35H38FN3O4S2. The third kappa shape index (κ3) is 8.95. The summed E-state index contributed by atoms with van der Waals surface area (Å²) in [5, 5.41) is 2.91. The maximum atomic E-state index is 14.4. The second kappa shape index (κ2) is 15.7. The summed E-state index contributed by atoms with van der Waals surface area (Å²) >= 11 is 1.49. The zero-order valence-electron chi connectivity index (χ0n) is 25.6. The van der Waals surface area contributed by atoms with Crippen LogP contribution in [0.2, 0.25) is 0 Å². The van der Waals surface area contributed by atoms with E-state index in [4.69, 9.17) is 0 Å². The number of nitrogens with zero attached hydrogens (tertiary/aromatic N) is 2. The highest BCUT2D eigenvalue weighted by Gasteiger charge is 2.34. The van der Waals surface area contributed by atoms with Crippen LogP contribution in [0.5, 0.6) is 0 Å². The minimum Gasteiger partial charge on any atom is -0.354 e. The highest BCUT2D eigenvalue weighted by molar-refractivity contribution is 7.98. The molecule has 0 radical (unpaired) electrons. The second-order valence-corrected chi connectivity index (χ2v) is 13.4. The van der Waals surface area contributed by atoms with E-state index in [2.05, 4.69) is 5.32 Å². The molecule has 236 valence electrons. The van der Waals surface area contributed by atoms with E-state index < -0.39 is 34.3 Å². The van der Waals surface area contributed by atoms with Gasteiger partial charge >= 0.3 is 0 Å². The number of hydrogen-bond donors (Lipinski definition) is 1. The standard InChI is InChI=1S/C35H38FN3O4S2/c1-4-22-37-35(41)33(23-27-8-6-5-7-9-27)38(24-28-12-14-29(36)15-13-28)34(40)25-39(30-16-10-26(2)11-17-30)45(42,43)32-20-18-31(44-3)19-21-32/h5-21,33H,4,22-25H2,1-3H3,(H,37,41)/t33-/m0/s1. The number of benzene rings is 4. The molecular weight excluding hydrogens is 610 g/mol. The van der Waals surface area contributed by atoms with Gasteiger partial charge in [-0.05, 0) is 79.3 Å². The van der Waals surface area contributed by atoms with Gasteiger partial charge in [-0.1, -0.05) is 67.1 Å². The second-order valence-electron chi connectivity index (χ2n) is 10.7. The highest BCUT2D eigenvalue weighted by Crippen LogP contribution is 2.27. The summed E-state index contributed by atoms with van der Waals surface area (Å²) in [6.45, 7) is 3.66. The van der Waals surface area contributed by atoms with Crippen LogP contribution in [0.4, 0.5) is 10.1 Å². The molecule has 1 atom stereocenters. The predicted molar refractivity (Wildman–Crippen MR) is 178 cm³/mol. The number of rotatable bonds is 14. The smallest absolute Gasteiger partial charge is 0.264 e. The lowest BCUT2D eigenvalue weighted by molar-refractivity contribution is -0.140. The Bertz CT molecular complexity index is 1670. The number of anilines is 1. The normalized spacial score (nSPS) is 11.9. The summed E-state index contributed by atoms with van der Waals surface area (Å²) < 4.78 is 43.2. The molecule has 1 N–H and O–H groups in total. The van der Waals surface area contributed by atoms with Crippen LogP contribution in [0.1, 0.15) is 30.0 Å². The molecule has 0 unspecified atom stereocenters. The summed E-state index contributed by atoms with van der Waals surface area (Å²) in [4.78, 5) is 30.4. The number of carbonyl (C=O) groups is 2. The topological polar surface area (TPSA) is 86.8 Å². The van der Waals surface area contributed by atoms with E-state index in [0.29, 0.717) is 24.2 Å². The van der Waals surface area contributed by atoms with Gasteiger partial charge in [0, 0.05) is 24.4 Å². The van der Waals surface area contributed by atoms with Gasteiger partial charge in [-0.15, -0.1) is 11.8 Å². The molecule has 0 aliphatic rings. The van der Waals surface area contributed by atoms with E-state index in [1.165, 1.54) is 40.9 Å². The SMILES string of the molecule is CCCNC(=O)[C@H](Cc1ccccc1)N(Cc1ccc(F)cc1)C(=O)CN(c1ccc(C)cc1)S(=O)(=O)c1ccc(SC)cc1. The summed E-state index contributed by atoms with van der Waals surface area (Å²) in [6, 6.07) is 27.5. The fourth-order valence-electron chi connectivity index (χ4n) is 4.82. The van der Waals surface area contributed by atoms with Crippen molar-refractivity contribution in [1.29, 1.82) is 0 Å². The lowest BCUT2D eigenvalue weighted by atomic mass is 10.0. The van der Waals surface area contributed by atoms with Gasteiger partial charge in [0.1, 0.15) is 18.4 Å². The number of carbonyl (C=O) groups excluding carboxylic acids is 2. The van der Waals surface area contributed by atoms with Gasteiger partial charge in [-0.2, -0.15) is 0 Å². The van der Waals surface area contributed by atoms with Crippen molar-refractivity contribution in [3.8, 4) is 0 Å². The van der Waals surface area contributed by atoms with Crippen molar-refractivity contribution < 1.29 is 22.4 Å². The number of aryl methyl sites for hydroxylation is 1. The Morgan fingerprint density at radius 3 is 2.11 bits per heavy atom. The quantitative estimate of drug-likeness (QED) is 0.164. The van der Waals surface area contributed by atoms with E-state index in [-0.39, 0.29) is 23.8 Å². The summed E-state index contributed by atoms with van der Waals surface area (Å²) in [6.07, 6.45) is 2.81. The van der Waals surface area contributed by atoms with Gasteiger partial charge in [0.25, 0.3) is 10.0 Å². The average molecular weight is 648 g/mol. The van der Waals surface area contributed by atoms with Crippen molar-refractivity contribution in [3.05, 3.63) is 126 Å². The molecule has 4 aromatic rings. The van der Waals surface area contributed by atoms with Crippen LogP contribution in [0.25, 0.3) is 0 Å². The molecule has 0 saturated heterocycles. The fourth-order valence-corrected chi connectivity index (χ4v) is 6.64. The molecule has 0 aliphatic heterocycles. The van der Waals surface area contributed by atoms with Gasteiger partial charge < -0.3 is 10.2 Å². The monoisotopic (exact) mass is 647 g/mol. The lowest BCUT2D eigenvalue weighted by Gasteiger charge is -2.34. The first kappa shape index (κ1) is 33.7. The molecule has 10 heteroatoms. The molecule has 0 spiro atoms. The number of amides is 2. The Morgan fingerprint density at radius 1 is 0.867 bits per heavy atom. The predicted octanol–water partition coefficient (Wildman–Crippen LogP) is 6.22. The summed E-state index contributed by atoms with van der Waals surface area (Å²) in [7, 11) is -4.19. The summed E-state index contributed by atoms with van der Waals surface area (Å²) in [5.41, 5.74) is 2.69. The van der Waals surface area contributed by atoms with Crippen molar-refractivity contribution in [2.45, 2.75) is 49.1 Å². The van der Waals surface area contributed by atoms with E-state index in [1.54, 1.807) is 48.5 Å². The molecule has 2 amide bonds. The molecule has 4 rings (SSSR count). The van der Waals surface area contributed by atoms with E-state index in [9.17, 15) is 22.4 Å². The van der Waals surface area contributed by atoms with Gasteiger partial charge in [0.05, 0.1) is 10.6 Å². The van der Waals surface area contributed by atoms with Crippen LogP contribution in [-0.4, -0.2) is 50.5 Å². The first-order valence-corrected chi connectivity index (χ1v) is 17.4. The van der Waals surface area contributed by atoms with Gasteiger partial charge in [0.15, 0.2) is 0 Å². The van der Waals surface area contributed by atoms with Crippen LogP contribution < -0.4 is 9.62 Å². The Morgan fingerprint density at radius 2 is 1.51 bits per heavy atom. The molecule has 0 fully saturated rings. The largest absolute Gasteiger partial charge is 0.354 e. The third-order valence-electron chi connectivity index (χ3n) is 7.33. The van der Waals surface area contributed by atoms with Crippen LogP contribution >= 0.6 is 11.8 Å². The molecule has 45 heavy (non-hydrogen) atoms. The zero-order chi connectivity index (χ0) is 32.4. The average Bonchev–Trinajstić information content (AvgIpc) is 3.05. The highest BCUT2D eigenvalue weighted by atomic mass is 32.2. The number of halogens is 1. The third-order valence-corrected chi connectivity index (χ3v) is 9.87. The maximum absolute atomic E-state index is 14.4. The van der Waals surface area contributed by atoms with E-state index >= 15 is 0 Å². The molecule has 4 aromatic carbocycles. The molecule has 0 bridgehead atoms. The Kier molecular flexibility index (Phi) is 11.8. The van der Waals surface area contributed by atoms with Crippen LogP contribution in [-0.2, 0) is 32.6 Å². The minimum atomic E-state index is -4.19. The van der Waals surface area contributed by atoms with Crippen LogP contribution in [0.3, 0.4) is 0 Å². The Hall–Kier alpha value is -4.15. The molecule has 0 heterocycles. The van der Waals surface area contributed by atoms with Crippen molar-refractivity contribution in [3.63, 3.8) is 0 Å². The fraction of sp³-hybridized carbons (Fsp3) is 0.257. The molecule has 0 aliphatic carbocycles. The Balaban J connectivity index is 1.78. The molecule has 7 nitrogen and oxygen atoms in total. The number of nitrogens with one attached hydrogen (secondary N) is 1. The van der Waals surface area contributed by atoms with Crippen LogP contribution in [0.15, 0.2) is 113 Å². The van der Waals surface area contributed by atoms with Crippen molar-refractivity contribution in [2.75, 3.05) is 23.7 Å². The summed E-state index contributed by atoms with van der Waals surface area (Å²) in [5.74, 6) is -1.35. The lowest BCUT2D eigenvalue weighted by Crippen LogP contribution is -2.53.